The van der Waals surface area contributed by atoms with E-state index in [0.717, 1.165) is 18.5 Å². The monoisotopic (exact) mass is 222 g/mol. The maximum atomic E-state index is 12.0. The lowest BCUT2D eigenvalue weighted by Crippen LogP contribution is -2.36. The van der Waals surface area contributed by atoms with Crippen molar-refractivity contribution in [3.63, 3.8) is 0 Å². The number of nitrogens with two attached hydrogens (primary N) is 1. The lowest BCUT2D eigenvalue weighted by Gasteiger charge is -2.22. The second kappa shape index (κ2) is 4.55. The molecule has 0 atom stereocenters. The molecule has 0 saturated heterocycles. The van der Waals surface area contributed by atoms with Gasteiger partial charge in [-0.1, -0.05) is 19.3 Å². The van der Waals surface area contributed by atoms with E-state index in [9.17, 15) is 4.79 Å². The molecule has 1 aliphatic carbocycles. The summed E-state index contributed by atoms with van der Waals surface area (Å²) in [6.45, 7) is 1.80. The molecule has 1 heterocycles. The van der Waals surface area contributed by atoms with Gasteiger partial charge in [-0.2, -0.15) is 5.10 Å². The summed E-state index contributed by atoms with van der Waals surface area (Å²) in [5, 5.41) is 9.57. The standard InChI is InChI=1S/C11H18N4O/c1-7-9(10(12)15-14-7)11(16)13-8-5-3-2-4-6-8/h8H,2-6H2,1H3,(H,13,16)(H3,12,14,15). The van der Waals surface area contributed by atoms with Gasteiger partial charge in [0.25, 0.3) is 5.91 Å². The summed E-state index contributed by atoms with van der Waals surface area (Å²) < 4.78 is 0. The highest BCUT2D eigenvalue weighted by molar-refractivity contribution is 5.99. The quantitative estimate of drug-likeness (QED) is 0.706. The van der Waals surface area contributed by atoms with E-state index in [1.165, 1.54) is 19.3 Å². The summed E-state index contributed by atoms with van der Waals surface area (Å²) in [6, 6.07) is 0.301. The molecule has 1 aromatic rings. The van der Waals surface area contributed by atoms with E-state index in [4.69, 9.17) is 5.73 Å². The van der Waals surface area contributed by atoms with Crippen LogP contribution in [0.4, 0.5) is 5.82 Å². The van der Waals surface area contributed by atoms with Gasteiger partial charge in [0.15, 0.2) is 5.82 Å². The van der Waals surface area contributed by atoms with Gasteiger partial charge in [-0.3, -0.25) is 9.89 Å². The van der Waals surface area contributed by atoms with Gasteiger partial charge in [-0.25, -0.2) is 0 Å². The number of H-pyrrole nitrogens is 1. The number of carbonyl (C=O) groups excluding carboxylic acids is 1. The Morgan fingerprint density at radius 2 is 2.12 bits per heavy atom. The molecular formula is C11H18N4O. The van der Waals surface area contributed by atoms with Crippen molar-refractivity contribution in [2.24, 2.45) is 0 Å². The van der Waals surface area contributed by atoms with Crippen LogP contribution in [0, 0.1) is 6.92 Å². The highest BCUT2D eigenvalue weighted by Gasteiger charge is 2.20. The van der Waals surface area contributed by atoms with Crippen LogP contribution in [0.2, 0.25) is 0 Å². The fourth-order valence-corrected chi connectivity index (χ4v) is 2.24. The van der Waals surface area contributed by atoms with E-state index in [1.54, 1.807) is 6.92 Å². The van der Waals surface area contributed by atoms with Crippen molar-refractivity contribution in [3.05, 3.63) is 11.3 Å². The van der Waals surface area contributed by atoms with Crippen LogP contribution >= 0.6 is 0 Å². The Bertz CT molecular complexity index is 360. The third-order valence-corrected chi connectivity index (χ3v) is 3.14. The zero-order valence-corrected chi connectivity index (χ0v) is 9.55. The Kier molecular flexibility index (Phi) is 3.12. The summed E-state index contributed by atoms with van der Waals surface area (Å²) in [5.41, 5.74) is 6.86. The predicted molar refractivity (Wildman–Crippen MR) is 62.1 cm³/mol. The molecule has 0 bridgehead atoms. The molecule has 1 fully saturated rings. The average Bonchev–Trinajstić information content (AvgIpc) is 2.60. The zero-order chi connectivity index (χ0) is 11.5. The number of carbonyl (C=O) groups is 1. The van der Waals surface area contributed by atoms with E-state index in [0.29, 0.717) is 11.6 Å². The maximum Gasteiger partial charge on any atom is 0.257 e. The highest BCUT2D eigenvalue weighted by Crippen LogP contribution is 2.19. The normalized spacial score (nSPS) is 17.3. The Labute approximate surface area is 94.8 Å². The van der Waals surface area contributed by atoms with Crippen molar-refractivity contribution in [1.82, 2.24) is 15.5 Å². The number of hydrogen-bond acceptors (Lipinski definition) is 3. The third-order valence-electron chi connectivity index (χ3n) is 3.14. The van der Waals surface area contributed by atoms with Crippen LogP contribution in [0.5, 0.6) is 0 Å². The number of anilines is 1. The molecule has 0 radical (unpaired) electrons. The molecule has 88 valence electrons. The van der Waals surface area contributed by atoms with E-state index in [1.807, 2.05) is 0 Å². The smallest absolute Gasteiger partial charge is 0.257 e. The summed E-state index contributed by atoms with van der Waals surface area (Å²) >= 11 is 0. The lowest BCUT2D eigenvalue weighted by molar-refractivity contribution is 0.0928. The van der Waals surface area contributed by atoms with Crippen LogP contribution in [0.3, 0.4) is 0 Å². The lowest BCUT2D eigenvalue weighted by atomic mass is 9.95. The van der Waals surface area contributed by atoms with Crippen LogP contribution in [0.1, 0.15) is 48.2 Å². The Morgan fingerprint density at radius 1 is 1.44 bits per heavy atom. The Morgan fingerprint density at radius 3 is 2.69 bits per heavy atom. The first kappa shape index (κ1) is 11.0. The minimum absolute atomic E-state index is 0.101. The summed E-state index contributed by atoms with van der Waals surface area (Å²) in [7, 11) is 0. The summed E-state index contributed by atoms with van der Waals surface area (Å²) in [4.78, 5) is 12.0. The number of aryl methyl sites for hydroxylation is 1. The van der Waals surface area contributed by atoms with E-state index >= 15 is 0 Å². The van der Waals surface area contributed by atoms with Gasteiger partial charge in [0, 0.05) is 11.7 Å². The number of nitrogens with zero attached hydrogens (tertiary/aromatic N) is 1. The highest BCUT2D eigenvalue weighted by atomic mass is 16.1. The molecule has 1 aromatic heterocycles. The van der Waals surface area contributed by atoms with Crippen molar-refractivity contribution in [2.75, 3.05) is 5.73 Å². The number of nitrogens with one attached hydrogen (secondary N) is 2. The second-order valence-corrected chi connectivity index (χ2v) is 4.42. The van der Waals surface area contributed by atoms with Crippen molar-refractivity contribution in [1.29, 1.82) is 0 Å². The van der Waals surface area contributed by atoms with E-state index in [-0.39, 0.29) is 11.7 Å². The minimum Gasteiger partial charge on any atom is -0.382 e. The molecule has 0 aromatic carbocycles. The molecule has 1 amide bonds. The predicted octanol–water partition coefficient (Wildman–Crippen LogP) is 1.36. The van der Waals surface area contributed by atoms with Gasteiger partial charge in [0.1, 0.15) is 5.56 Å². The molecule has 4 N–H and O–H groups in total. The summed E-state index contributed by atoms with van der Waals surface area (Å²) in [6.07, 6.45) is 5.82. The van der Waals surface area contributed by atoms with Crippen LogP contribution in [0.25, 0.3) is 0 Å². The van der Waals surface area contributed by atoms with Gasteiger partial charge in [-0.05, 0) is 19.8 Å². The third kappa shape index (κ3) is 2.18. The number of hydrogen-bond donors (Lipinski definition) is 3. The fraction of sp³-hybridized carbons (Fsp3) is 0.636. The van der Waals surface area contributed by atoms with Gasteiger partial charge < -0.3 is 11.1 Å². The minimum atomic E-state index is -0.101. The molecule has 0 spiro atoms. The van der Waals surface area contributed by atoms with Crippen LogP contribution in [0.15, 0.2) is 0 Å². The van der Waals surface area contributed by atoms with Crippen molar-refractivity contribution in [2.45, 2.75) is 45.1 Å². The molecule has 1 aliphatic rings. The molecule has 0 aliphatic heterocycles. The van der Waals surface area contributed by atoms with E-state index < -0.39 is 0 Å². The molecule has 1 saturated carbocycles. The SMILES string of the molecule is Cc1[nH]nc(N)c1C(=O)NC1CCCCC1. The number of aromatic amines is 1. The molecule has 5 nitrogen and oxygen atoms in total. The summed E-state index contributed by atoms with van der Waals surface area (Å²) in [5.74, 6) is 0.182. The molecule has 16 heavy (non-hydrogen) atoms. The fourth-order valence-electron chi connectivity index (χ4n) is 2.24. The van der Waals surface area contributed by atoms with Gasteiger partial charge >= 0.3 is 0 Å². The number of rotatable bonds is 2. The van der Waals surface area contributed by atoms with Crippen LogP contribution in [-0.4, -0.2) is 22.1 Å². The maximum absolute atomic E-state index is 12.0. The number of amides is 1. The first-order valence-electron chi connectivity index (χ1n) is 5.80. The van der Waals surface area contributed by atoms with Crippen molar-refractivity contribution in [3.8, 4) is 0 Å². The van der Waals surface area contributed by atoms with Crippen LogP contribution in [-0.2, 0) is 0 Å². The first-order valence-corrected chi connectivity index (χ1v) is 5.80. The molecule has 2 rings (SSSR count). The zero-order valence-electron chi connectivity index (χ0n) is 9.55. The average molecular weight is 222 g/mol. The van der Waals surface area contributed by atoms with E-state index in [2.05, 4.69) is 15.5 Å². The number of nitrogen functional groups attached to an aromatic ring is 1. The second-order valence-electron chi connectivity index (χ2n) is 4.42. The van der Waals surface area contributed by atoms with Crippen molar-refractivity contribution < 1.29 is 4.79 Å². The van der Waals surface area contributed by atoms with Crippen LogP contribution < -0.4 is 11.1 Å². The largest absolute Gasteiger partial charge is 0.382 e. The Balaban J connectivity index is 2.02. The van der Waals surface area contributed by atoms with Gasteiger partial charge in [0.2, 0.25) is 0 Å². The van der Waals surface area contributed by atoms with Gasteiger partial charge in [-0.15, -0.1) is 0 Å². The first-order chi connectivity index (χ1) is 7.68. The topological polar surface area (TPSA) is 83.8 Å². The molecule has 0 unspecified atom stereocenters. The number of aromatic nitrogens is 2. The Hall–Kier alpha value is -1.52. The molecular weight excluding hydrogens is 204 g/mol. The van der Waals surface area contributed by atoms with Crippen molar-refractivity contribution >= 4 is 11.7 Å². The molecule has 5 heteroatoms. The van der Waals surface area contributed by atoms with Gasteiger partial charge in [0.05, 0.1) is 0 Å².